The Balaban J connectivity index is 1.86. The molecule has 20 heavy (non-hydrogen) atoms. The number of hydrogen-bond donors (Lipinski definition) is 1. The van der Waals surface area contributed by atoms with Crippen LogP contribution < -0.4 is 0 Å². The Hall–Kier alpha value is -1.39. The molecule has 1 aliphatic heterocycles. The van der Waals surface area contributed by atoms with Crippen LogP contribution in [0.25, 0.3) is 0 Å². The Labute approximate surface area is 119 Å². The molecule has 108 valence electrons. The lowest BCUT2D eigenvalue weighted by Gasteiger charge is -2.40. The maximum Gasteiger partial charge on any atom is 0.314 e. The number of morpholine rings is 1. The van der Waals surface area contributed by atoms with E-state index in [1.54, 1.807) is 0 Å². The van der Waals surface area contributed by atoms with Gasteiger partial charge in [-0.25, -0.2) is 0 Å². The van der Waals surface area contributed by atoms with E-state index < -0.39 is 11.4 Å². The summed E-state index contributed by atoms with van der Waals surface area (Å²) in [6.07, 6.45) is 2.54. The Morgan fingerprint density at radius 1 is 1.25 bits per heavy atom. The molecule has 1 saturated heterocycles. The van der Waals surface area contributed by atoms with Gasteiger partial charge in [0.25, 0.3) is 0 Å². The van der Waals surface area contributed by atoms with Gasteiger partial charge in [0, 0.05) is 19.6 Å². The van der Waals surface area contributed by atoms with Crippen LogP contribution >= 0.6 is 0 Å². The summed E-state index contributed by atoms with van der Waals surface area (Å²) in [6.45, 7) is 4.22. The lowest BCUT2D eigenvalue weighted by Crippen LogP contribution is -2.44. The largest absolute Gasteiger partial charge is 0.481 e. The quantitative estimate of drug-likeness (QED) is 0.913. The van der Waals surface area contributed by atoms with E-state index in [1.165, 1.54) is 0 Å². The van der Waals surface area contributed by atoms with Crippen molar-refractivity contribution in [2.24, 2.45) is 0 Å². The Kier molecular flexibility index (Phi) is 3.76. The van der Waals surface area contributed by atoms with Crippen molar-refractivity contribution in [3.63, 3.8) is 0 Å². The van der Waals surface area contributed by atoms with E-state index >= 15 is 0 Å². The normalized spacial score (nSPS) is 22.2. The van der Waals surface area contributed by atoms with Gasteiger partial charge < -0.3 is 9.84 Å². The molecule has 2 aliphatic rings. The van der Waals surface area contributed by atoms with Crippen molar-refractivity contribution >= 4 is 5.97 Å². The van der Waals surface area contributed by atoms with Crippen molar-refractivity contribution in [3.05, 3.63) is 35.4 Å². The molecule has 3 rings (SSSR count). The van der Waals surface area contributed by atoms with Crippen molar-refractivity contribution in [2.75, 3.05) is 26.3 Å². The van der Waals surface area contributed by atoms with Gasteiger partial charge in [-0.05, 0) is 24.0 Å². The Morgan fingerprint density at radius 3 is 2.55 bits per heavy atom. The summed E-state index contributed by atoms with van der Waals surface area (Å²) in [5.74, 6) is -0.668. The zero-order chi connectivity index (χ0) is 14.0. The van der Waals surface area contributed by atoms with Gasteiger partial charge in [0.15, 0.2) is 0 Å². The number of aliphatic carboxylic acids is 1. The highest BCUT2D eigenvalue weighted by Gasteiger charge is 2.46. The van der Waals surface area contributed by atoms with Gasteiger partial charge >= 0.3 is 5.97 Å². The Morgan fingerprint density at radius 2 is 1.95 bits per heavy atom. The van der Waals surface area contributed by atoms with Crippen molar-refractivity contribution in [3.8, 4) is 0 Å². The number of hydrogen-bond acceptors (Lipinski definition) is 3. The van der Waals surface area contributed by atoms with Crippen LogP contribution in [-0.2, 0) is 21.5 Å². The second-order valence-electron chi connectivity index (χ2n) is 5.79. The molecule has 2 fully saturated rings. The van der Waals surface area contributed by atoms with E-state index in [9.17, 15) is 9.90 Å². The summed E-state index contributed by atoms with van der Waals surface area (Å²) < 4.78 is 5.37. The number of carboxylic acids is 1. The number of carboxylic acid groups (broad SMARTS) is 1. The van der Waals surface area contributed by atoms with E-state index in [0.717, 1.165) is 63.2 Å². The molecule has 1 aliphatic carbocycles. The van der Waals surface area contributed by atoms with Crippen molar-refractivity contribution < 1.29 is 14.6 Å². The van der Waals surface area contributed by atoms with Crippen LogP contribution in [-0.4, -0.2) is 42.3 Å². The van der Waals surface area contributed by atoms with Gasteiger partial charge in [0.1, 0.15) is 0 Å². The molecule has 1 saturated carbocycles. The smallest absolute Gasteiger partial charge is 0.314 e. The van der Waals surface area contributed by atoms with Crippen molar-refractivity contribution in [1.29, 1.82) is 0 Å². The van der Waals surface area contributed by atoms with Crippen molar-refractivity contribution in [2.45, 2.75) is 31.2 Å². The highest BCUT2D eigenvalue weighted by atomic mass is 16.5. The van der Waals surface area contributed by atoms with E-state index in [4.69, 9.17) is 4.74 Å². The highest BCUT2D eigenvalue weighted by Crippen LogP contribution is 2.45. The topological polar surface area (TPSA) is 49.8 Å². The first-order valence-electron chi connectivity index (χ1n) is 7.34. The molecule has 0 aromatic heterocycles. The van der Waals surface area contributed by atoms with Crippen LogP contribution in [0.4, 0.5) is 0 Å². The van der Waals surface area contributed by atoms with Crippen LogP contribution in [0.1, 0.15) is 30.4 Å². The molecule has 0 radical (unpaired) electrons. The standard InChI is InChI=1S/C16H21NO3/c18-15(19)16(6-3-7-16)14-5-2-1-4-13(14)12-17-8-10-20-11-9-17/h1-2,4-5H,3,6-12H2,(H,18,19). The minimum Gasteiger partial charge on any atom is -0.481 e. The molecule has 0 atom stereocenters. The fourth-order valence-corrected chi connectivity index (χ4v) is 3.25. The zero-order valence-corrected chi connectivity index (χ0v) is 11.7. The molecular formula is C16H21NO3. The van der Waals surface area contributed by atoms with Crippen molar-refractivity contribution in [1.82, 2.24) is 4.90 Å². The second kappa shape index (κ2) is 5.54. The summed E-state index contributed by atoms with van der Waals surface area (Å²) in [4.78, 5) is 14.1. The van der Waals surface area contributed by atoms with E-state index in [-0.39, 0.29) is 0 Å². The predicted molar refractivity (Wildman–Crippen MR) is 75.7 cm³/mol. The fourth-order valence-electron chi connectivity index (χ4n) is 3.25. The lowest BCUT2D eigenvalue weighted by atomic mass is 9.63. The average Bonchev–Trinajstić information content (AvgIpc) is 2.40. The first kappa shape index (κ1) is 13.6. The highest BCUT2D eigenvalue weighted by molar-refractivity contribution is 5.83. The average molecular weight is 275 g/mol. The van der Waals surface area contributed by atoms with E-state index in [1.807, 2.05) is 18.2 Å². The van der Waals surface area contributed by atoms with Gasteiger partial charge in [-0.2, -0.15) is 0 Å². The molecule has 4 heteroatoms. The van der Waals surface area contributed by atoms with Crippen LogP contribution in [0.2, 0.25) is 0 Å². The molecule has 1 aromatic rings. The fraction of sp³-hybridized carbons (Fsp3) is 0.562. The zero-order valence-electron chi connectivity index (χ0n) is 11.7. The maximum absolute atomic E-state index is 11.7. The number of nitrogens with zero attached hydrogens (tertiary/aromatic N) is 1. The Bertz CT molecular complexity index is 490. The van der Waals surface area contributed by atoms with Crippen LogP contribution in [0.15, 0.2) is 24.3 Å². The number of carbonyl (C=O) groups is 1. The minimum absolute atomic E-state index is 0.636. The van der Waals surface area contributed by atoms with Crippen LogP contribution in [0, 0.1) is 0 Å². The SMILES string of the molecule is O=C(O)C1(c2ccccc2CN2CCOCC2)CCC1. The summed E-state index contributed by atoms with van der Waals surface area (Å²) in [5, 5.41) is 9.63. The number of ether oxygens (including phenoxy) is 1. The first-order valence-corrected chi connectivity index (χ1v) is 7.34. The summed E-state index contributed by atoms with van der Waals surface area (Å²) in [5.41, 5.74) is 1.55. The minimum atomic E-state index is -0.668. The molecule has 0 unspecified atom stereocenters. The molecule has 0 bridgehead atoms. The van der Waals surface area contributed by atoms with Crippen LogP contribution in [0.5, 0.6) is 0 Å². The molecule has 4 nitrogen and oxygen atoms in total. The monoisotopic (exact) mass is 275 g/mol. The summed E-state index contributed by atoms with van der Waals surface area (Å²) in [6, 6.07) is 8.05. The number of benzene rings is 1. The van der Waals surface area contributed by atoms with Gasteiger partial charge in [-0.3, -0.25) is 9.69 Å². The predicted octanol–water partition coefficient (Wildman–Crippen LogP) is 2.03. The van der Waals surface area contributed by atoms with Gasteiger partial charge in [-0.1, -0.05) is 30.7 Å². The lowest BCUT2D eigenvalue weighted by molar-refractivity contribution is -0.147. The molecule has 1 heterocycles. The molecule has 1 N–H and O–H groups in total. The number of rotatable bonds is 4. The third-order valence-corrected chi connectivity index (χ3v) is 4.65. The molecule has 0 amide bonds. The van der Waals surface area contributed by atoms with E-state index in [0.29, 0.717) is 0 Å². The first-order chi connectivity index (χ1) is 9.72. The van der Waals surface area contributed by atoms with E-state index in [2.05, 4.69) is 11.0 Å². The van der Waals surface area contributed by atoms with Gasteiger partial charge in [-0.15, -0.1) is 0 Å². The summed E-state index contributed by atoms with van der Waals surface area (Å²) in [7, 11) is 0. The third kappa shape index (κ3) is 2.34. The molecular weight excluding hydrogens is 254 g/mol. The third-order valence-electron chi connectivity index (χ3n) is 4.65. The van der Waals surface area contributed by atoms with Gasteiger partial charge in [0.2, 0.25) is 0 Å². The summed E-state index contributed by atoms with van der Waals surface area (Å²) >= 11 is 0. The molecule has 0 spiro atoms. The maximum atomic E-state index is 11.7. The molecule has 1 aromatic carbocycles. The van der Waals surface area contributed by atoms with Crippen LogP contribution in [0.3, 0.4) is 0 Å². The second-order valence-corrected chi connectivity index (χ2v) is 5.79. The van der Waals surface area contributed by atoms with Gasteiger partial charge in [0.05, 0.1) is 18.6 Å².